The van der Waals surface area contributed by atoms with Gasteiger partial charge in [0.1, 0.15) is 0 Å². The van der Waals surface area contributed by atoms with Gasteiger partial charge < -0.3 is 10.1 Å². The third-order valence-electron chi connectivity index (χ3n) is 4.37. The summed E-state index contributed by atoms with van der Waals surface area (Å²) < 4.78 is 7.40. The SMILES string of the molecule is Cc1cc(C)n(-c2ccc(C(=O)NCCCOCCc3ccccc3)cn2)n1. The molecule has 0 fully saturated rings. The largest absolute Gasteiger partial charge is 0.381 e. The Morgan fingerprint density at radius 3 is 2.61 bits per heavy atom. The van der Waals surface area contributed by atoms with Crippen LogP contribution in [0.15, 0.2) is 54.7 Å². The van der Waals surface area contributed by atoms with Crippen molar-refractivity contribution >= 4 is 5.91 Å². The van der Waals surface area contributed by atoms with Gasteiger partial charge in [-0.05, 0) is 50.5 Å². The Bertz CT molecular complexity index is 889. The molecule has 0 aliphatic rings. The molecular formula is C22H26N4O2. The summed E-state index contributed by atoms with van der Waals surface area (Å²) in [6.07, 6.45) is 3.26. The first-order valence-corrected chi connectivity index (χ1v) is 9.53. The van der Waals surface area contributed by atoms with Crippen LogP contribution in [0.2, 0.25) is 0 Å². The lowest BCUT2D eigenvalue weighted by molar-refractivity contribution is 0.0942. The van der Waals surface area contributed by atoms with Crippen LogP contribution in [-0.4, -0.2) is 40.4 Å². The molecule has 1 amide bonds. The molecule has 3 rings (SSSR count). The quantitative estimate of drug-likeness (QED) is 0.580. The smallest absolute Gasteiger partial charge is 0.252 e. The van der Waals surface area contributed by atoms with Crippen molar-refractivity contribution in [1.29, 1.82) is 0 Å². The minimum absolute atomic E-state index is 0.128. The number of ether oxygens (including phenoxy) is 1. The fraction of sp³-hybridized carbons (Fsp3) is 0.318. The normalized spacial score (nSPS) is 10.8. The van der Waals surface area contributed by atoms with Crippen molar-refractivity contribution in [2.45, 2.75) is 26.7 Å². The van der Waals surface area contributed by atoms with Gasteiger partial charge in [0.05, 0.1) is 17.9 Å². The lowest BCUT2D eigenvalue weighted by Crippen LogP contribution is -2.25. The molecule has 146 valence electrons. The van der Waals surface area contributed by atoms with Crippen LogP contribution >= 0.6 is 0 Å². The zero-order chi connectivity index (χ0) is 19.8. The molecule has 0 radical (unpaired) electrons. The highest BCUT2D eigenvalue weighted by atomic mass is 16.5. The Labute approximate surface area is 165 Å². The van der Waals surface area contributed by atoms with Crippen molar-refractivity contribution < 1.29 is 9.53 Å². The van der Waals surface area contributed by atoms with E-state index in [2.05, 4.69) is 27.5 Å². The van der Waals surface area contributed by atoms with E-state index >= 15 is 0 Å². The van der Waals surface area contributed by atoms with Crippen LogP contribution < -0.4 is 5.32 Å². The number of carbonyl (C=O) groups excluding carboxylic acids is 1. The van der Waals surface area contributed by atoms with Crippen LogP contribution in [0.25, 0.3) is 5.82 Å². The number of carbonyl (C=O) groups is 1. The summed E-state index contributed by atoms with van der Waals surface area (Å²) in [6, 6.07) is 15.8. The summed E-state index contributed by atoms with van der Waals surface area (Å²) in [7, 11) is 0. The maximum absolute atomic E-state index is 12.2. The fourth-order valence-corrected chi connectivity index (χ4v) is 2.92. The number of hydrogen-bond donors (Lipinski definition) is 1. The van der Waals surface area contributed by atoms with Crippen molar-refractivity contribution in [3.05, 3.63) is 77.2 Å². The summed E-state index contributed by atoms with van der Waals surface area (Å²) >= 11 is 0. The lowest BCUT2D eigenvalue weighted by Gasteiger charge is -2.07. The van der Waals surface area contributed by atoms with Crippen molar-refractivity contribution in [3.8, 4) is 5.82 Å². The van der Waals surface area contributed by atoms with Crippen LogP contribution in [0.3, 0.4) is 0 Å². The van der Waals surface area contributed by atoms with E-state index in [1.807, 2.05) is 38.1 Å². The number of nitrogens with zero attached hydrogens (tertiary/aromatic N) is 3. The second-order valence-corrected chi connectivity index (χ2v) is 6.70. The molecule has 3 aromatic rings. The molecule has 6 nitrogen and oxygen atoms in total. The van der Waals surface area contributed by atoms with Gasteiger partial charge in [-0.1, -0.05) is 30.3 Å². The number of aryl methyl sites for hydroxylation is 2. The molecule has 2 heterocycles. The number of pyridine rings is 1. The zero-order valence-corrected chi connectivity index (χ0v) is 16.4. The van der Waals surface area contributed by atoms with Gasteiger partial charge in [0.2, 0.25) is 0 Å². The number of aromatic nitrogens is 3. The van der Waals surface area contributed by atoms with Gasteiger partial charge in [0, 0.05) is 25.0 Å². The van der Waals surface area contributed by atoms with E-state index in [0.717, 1.165) is 24.2 Å². The van der Waals surface area contributed by atoms with Crippen LogP contribution in [0.1, 0.15) is 33.7 Å². The summed E-state index contributed by atoms with van der Waals surface area (Å²) in [5.41, 5.74) is 3.75. The molecule has 0 aliphatic carbocycles. The third-order valence-corrected chi connectivity index (χ3v) is 4.37. The number of nitrogens with one attached hydrogen (secondary N) is 1. The van der Waals surface area contributed by atoms with Crippen molar-refractivity contribution in [2.24, 2.45) is 0 Å². The van der Waals surface area contributed by atoms with E-state index < -0.39 is 0 Å². The van der Waals surface area contributed by atoms with Gasteiger partial charge in [-0.3, -0.25) is 4.79 Å². The zero-order valence-electron chi connectivity index (χ0n) is 16.4. The van der Waals surface area contributed by atoms with E-state index in [-0.39, 0.29) is 5.91 Å². The number of amides is 1. The summed E-state index contributed by atoms with van der Waals surface area (Å²) in [5, 5.41) is 7.30. The topological polar surface area (TPSA) is 69.0 Å². The highest BCUT2D eigenvalue weighted by molar-refractivity contribution is 5.93. The van der Waals surface area contributed by atoms with E-state index in [1.165, 1.54) is 5.56 Å². The molecule has 6 heteroatoms. The Morgan fingerprint density at radius 2 is 1.93 bits per heavy atom. The number of rotatable bonds is 9. The van der Waals surface area contributed by atoms with Gasteiger partial charge in [0.15, 0.2) is 5.82 Å². The minimum Gasteiger partial charge on any atom is -0.381 e. The molecule has 1 aromatic carbocycles. The van der Waals surface area contributed by atoms with Crippen molar-refractivity contribution in [2.75, 3.05) is 19.8 Å². The summed E-state index contributed by atoms with van der Waals surface area (Å²) in [6.45, 7) is 5.81. The molecule has 0 spiro atoms. The molecule has 0 bridgehead atoms. The Kier molecular flexibility index (Phi) is 6.92. The summed E-state index contributed by atoms with van der Waals surface area (Å²) in [4.78, 5) is 16.6. The Hall–Kier alpha value is -2.99. The van der Waals surface area contributed by atoms with Crippen LogP contribution in [0, 0.1) is 13.8 Å². The molecule has 0 saturated heterocycles. The van der Waals surface area contributed by atoms with E-state index in [0.29, 0.717) is 31.1 Å². The van der Waals surface area contributed by atoms with Gasteiger partial charge in [-0.15, -0.1) is 0 Å². The van der Waals surface area contributed by atoms with Crippen molar-refractivity contribution in [1.82, 2.24) is 20.1 Å². The lowest BCUT2D eigenvalue weighted by atomic mass is 10.2. The average Bonchev–Trinajstić information content (AvgIpc) is 3.06. The third kappa shape index (κ3) is 5.50. The van der Waals surface area contributed by atoms with Gasteiger partial charge >= 0.3 is 0 Å². The Balaban J connectivity index is 1.36. The molecule has 1 N–H and O–H groups in total. The van der Waals surface area contributed by atoms with Crippen molar-refractivity contribution in [3.63, 3.8) is 0 Å². The predicted octanol–water partition coefficient (Wildman–Crippen LogP) is 3.26. The first-order chi connectivity index (χ1) is 13.6. The van der Waals surface area contributed by atoms with Gasteiger partial charge in [-0.25, -0.2) is 9.67 Å². The predicted molar refractivity (Wildman–Crippen MR) is 109 cm³/mol. The molecule has 2 aromatic heterocycles. The number of benzene rings is 1. The second kappa shape index (κ2) is 9.80. The molecule has 0 aliphatic heterocycles. The number of hydrogen-bond acceptors (Lipinski definition) is 4. The molecule has 0 saturated carbocycles. The van der Waals surface area contributed by atoms with E-state index in [1.54, 1.807) is 23.0 Å². The van der Waals surface area contributed by atoms with E-state index in [9.17, 15) is 4.79 Å². The first-order valence-electron chi connectivity index (χ1n) is 9.53. The van der Waals surface area contributed by atoms with Gasteiger partial charge in [0.25, 0.3) is 5.91 Å². The molecule has 28 heavy (non-hydrogen) atoms. The summed E-state index contributed by atoms with van der Waals surface area (Å²) in [5.74, 6) is 0.575. The monoisotopic (exact) mass is 378 g/mol. The van der Waals surface area contributed by atoms with Gasteiger partial charge in [-0.2, -0.15) is 5.10 Å². The second-order valence-electron chi connectivity index (χ2n) is 6.70. The highest BCUT2D eigenvalue weighted by Crippen LogP contribution is 2.10. The minimum atomic E-state index is -0.128. The van der Waals surface area contributed by atoms with Crippen LogP contribution in [-0.2, 0) is 11.2 Å². The Morgan fingerprint density at radius 1 is 1.11 bits per heavy atom. The highest BCUT2D eigenvalue weighted by Gasteiger charge is 2.08. The molecular weight excluding hydrogens is 352 g/mol. The van der Waals surface area contributed by atoms with Crippen LogP contribution in [0.5, 0.6) is 0 Å². The maximum Gasteiger partial charge on any atom is 0.252 e. The standard InChI is InChI=1S/C22H26N4O2/c1-17-15-18(2)26(25-17)21-10-9-20(16-24-21)22(27)23-12-6-13-28-14-11-19-7-4-3-5-8-19/h3-5,7-10,15-16H,6,11-14H2,1-2H3,(H,23,27). The first kappa shape index (κ1) is 19.8. The van der Waals surface area contributed by atoms with E-state index in [4.69, 9.17) is 4.74 Å². The maximum atomic E-state index is 12.2. The van der Waals surface area contributed by atoms with Crippen LogP contribution in [0.4, 0.5) is 0 Å². The molecule has 0 atom stereocenters. The fourth-order valence-electron chi connectivity index (χ4n) is 2.92. The average molecular weight is 378 g/mol. The molecule has 0 unspecified atom stereocenters.